The van der Waals surface area contributed by atoms with Crippen LogP contribution < -0.4 is 16.0 Å². The summed E-state index contributed by atoms with van der Waals surface area (Å²) in [5.74, 6) is 0. The van der Waals surface area contributed by atoms with Crippen LogP contribution in [-0.4, -0.2) is 19.1 Å². The third-order valence-corrected chi connectivity index (χ3v) is 4.48. The maximum atomic E-state index is 12.6. The molecule has 0 bridgehead atoms. The van der Waals surface area contributed by atoms with Crippen molar-refractivity contribution in [2.75, 3.05) is 12.4 Å². The number of imide groups is 1. The summed E-state index contributed by atoms with van der Waals surface area (Å²) in [6, 6.07) is 8.69. The molecule has 2 rings (SSSR count). The minimum Gasteiger partial charge on any atom is -0.341 e. The van der Waals surface area contributed by atoms with Crippen LogP contribution in [0.1, 0.15) is 11.1 Å². The zero-order chi connectivity index (χ0) is 19.3. The van der Waals surface area contributed by atoms with Gasteiger partial charge in [-0.3, -0.25) is 5.32 Å². The zero-order valence-corrected chi connectivity index (χ0v) is 14.7. The second-order valence-corrected chi connectivity index (χ2v) is 6.38. The van der Waals surface area contributed by atoms with Gasteiger partial charge >= 0.3 is 18.2 Å². The second kappa shape index (κ2) is 8.13. The number of halogens is 3. The van der Waals surface area contributed by atoms with E-state index in [1.54, 1.807) is 18.2 Å². The fraction of sp³-hybridized carbons (Fsp3) is 0.176. The van der Waals surface area contributed by atoms with E-state index in [0.29, 0.717) is 10.6 Å². The molecule has 2 aromatic rings. The van der Waals surface area contributed by atoms with Gasteiger partial charge in [0.2, 0.25) is 0 Å². The first-order chi connectivity index (χ1) is 12.2. The average molecular weight is 383 g/mol. The van der Waals surface area contributed by atoms with Crippen molar-refractivity contribution in [1.29, 1.82) is 0 Å². The Labute approximate surface area is 152 Å². The molecule has 0 unspecified atom stereocenters. The van der Waals surface area contributed by atoms with Gasteiger partial charge in [-0.25, -0.2) is 9.59 Å². The Hall–Kier alpha value is -2.68. The molecule has 138 valence electrons. The van der Waals surface area contributed by atoms with Gasteiger partial charge in [0.15, 0.2) is 0 Å². The molecular weight excluding hydrogens is 367 g/mol. The molecule has 0 aliphatic rings. The van der Waals surface area contributed by atoms with E-state index in [9.17, 15) is 22.8 Å². The summed E-state index contributed by atoms with van der Waals surface area (Å²) in [5, 5.41) is 6.85. The fourth-order valence-electron chi connectivity index (χ4n) is 2.01. The van der Waals surface area contributed by atoms with Crippen molar-refractivity contribution in [3.8, 4) is 0 Å². The third-order valence-electron chi connectivity index (χ3n) is 3.30. The number of amides is 4. The second-order valence-electron chi connectivity index (χ2n) is 5.26. The van der Waals surface area contributed by atoms with Crippen molar-refractivity contribution >= 4 is 29.5 Å². The molecule has 0 saturated carbocycles. The number of carbonyl (C=O) groups is 2. The van der Waals surface area contributed by atoms with Crippen LogP contribution in [0.15, 0.2) is 52.3 Å². The number of urea groups is 2. The maximum Gasteiger partial charge on any atom is 0.416 e. The molecule has 0 aliphatic heterocycles. The number of alkyl halides is 3. The van der Waals surface area contributed by atoms with Gasteiger partial charge in [0, 0.05) is 22.5 Å². The van der Waals surface area contributed by atoms with Crippen LogP contribution in [0.3, 0.4) is 0 Å². The molecule has 0 heterocycles. The average Bonchev–Trinajstić information content (AvgIpc) is 2.56. The lowest BCUT2D eigenvalue weighted by Gasteiger charge is -2.11. The minimum atomic E-state index is -4.36. The highest BCUT2D eigenvalue weighted by atomic mass is 32.2. The molecule has 0 spiro atoms. The molecule has 4 amide bonds. The molecule has 2 aromatic carbocycles. The van der Waals surface area contributed by atoms with Gasteiger partial charge in [0.05, 0.1) is 5.56 Å². The lowest BCUT2D eigenvalue weighted by molar-refractivity contribution is -0.137. The monoisotopic (exact) mass is 383 g/mol. The molecule has 5 nitrogen and oxygen atoms in total. The summed E-state index contributed by atoms with van der Waals surface area (Å²) < 4.78 is 37.8. The quantitative estimate of drug-likeness (QED) is 0.724. The number of hydrogen-bond donors (Lipinski definition) is 3. The first kappa shape index (κ1) is 19.6. The van der Waals surface area contributed by atoms with E-state index in [1.165, 1.54) is 30.9 Å². The number of carbonyl (C=O) groups excluding carboxylic acids is 2. The Balaban J connectivity index is 2.05. The fourth-order valence-corrected chi connectivity index (χ4v) is 2.89. The lowest BCUT2D eigenvalue weighted by Crippen LogP contribution is -2.40. The standard InChI is InChI=1S/C17H16F3N3O2S/c1-10-9-12(22-16(25)23-15(24)21-2)5-8-14(10)26-13-6-3-11(4-7-13)17(18,19)20/h3-9H,1-2H3,(H3,21,22,23,24,25). The highest BCUT2D eigenvalue weighted by Gasteiger charge is 2.29. The van der Waals surface area contributed by atoms with E-state index < -0.39 is 23.8 Å². The van der Waals surface area contributed by atoms with E-state index in [4.69, 9.17) is 0 Å². The minimum absolute atomic E-state index is 0.487. The molecule has 9 heteroatoms. The number of aryl methyl sites for hydroxylation is 1. The predicted molar refractivity (Wildman–Crippen MR) is 93.4 cm³/mol. The Kier molecular flexibility index (Phi) is 6.14. The first-order valence-electron chi connectivity index (χ1n) is 7.44. The topological polar surface area (TPSA) is 70.2 Å². The Morgan fingerprint density at radius 1 is 1.00 bits per heavy atom. The summed E-state index contributed by atoms with van der Waals surface area (Å²) in [7, 11) is 1.39. The van der Waals surface area contributed by atoms with Crippen molar-refractivity contribution in [3.05, 3.63) is 53.6 Å². The van der Waals surface area contributed by atoms with Gasteiger partial charge in [-0.15, -0.1) is 0 Å². The van der Waals surface area contributed by atoms with Crippen LogP contribution in [-0.2, 0) is 6.18 Å². The number of hydrogen-bond acceptors (Lipinski definition) is 3. The van der Waals surface area contributed by atoms with E-state index in [1.807, 2.05) is 6.92 Å². The summed E-state index contributed by atoms with van der Waals surface area (Å²) in [4.78, 5) is 24.2. The van der Waals surface area contributed by atoms with Crippen LogP contribution in [0.5, 0.6) is 0 Å². The molecule has 0 atom stereocenters. The van der Waals surface area contributed by atoms with Crippen LogP contribution >= 0.6 is 11.8 Å². The van der Waals surface area contributed by atoms with Gasteiger partial charge in [-0.1, -0.05) is 11.8 Å². The highest BCUT2D eigenvalue weighted by molar-refractivity contribution is 7.99. The number of anilines is 1. The summed E-state index contributed by atoms with van der Waals surface area (Å²) in [5.41, 5.74) is 0.619. The molecular formula is C17H16F3N3O2S. The predicted octanol–water partition coefficient (Wildman–Crippen LogP) is 4.63. The number of benzene rings is 2. The highest BCUT2D eigenvalue weighted by Crippen LogP contribution is 2.34. The number of rotatable bonds is 3. The van der Waals surface area contributed by atoms with Crippen molar-refractivity contribution in [1.82, 2.24) is 10.6 Å². The summed E-state index contributed by atoms with van der Waals surface area (Å²) in [6.07, 6.45) is -4.36. The SMILES string of the molecule is CNC(=O)NC(=O)Nc1ccc(Sc2ccc(C(F)(F)F)cc2)c(C)c1. The van der Waals surface area contributed by atoms with Gasteiger partial charge in [-0.2, -0.15) is 13.2 Å². The smallest absolute Gasteiger partial charge is 0.341 e. The van der Waals surface area contributed by atoms with Crippen molar-refractivity contribution in [2.45, 2.75) is 22.9 Å². The summed E-state index contributed by atoms with van der Waals surface area (Å²) >= 11 is 1.32. The molecule has 0 aliphatic carbocycles. The molecule has 0 aromatic heterocycles. The van der Waals surface area contributed by atoms with Crippen molar-refractivity contribution in [3.63, 3.8) is 0 Å². The Morgan fingerprint density at radius 2 is 1.65 bits per heavy atom. The Bertz CT molecular complexity index is 808. The number of nitrogens with one attached hydrogen (secondary N) is 3. The third kappa shape index (κ3) is 5.41. The molecule has 0 radical (unpaired) electrons. The maximum absolute atomic E-state index is 12.6. The van der Waals surface area contributed by atoms with Crippen LogP contribution in [0.4, 0.5) is 28.4 Å². The molecule has 0 saturated heterocycles. The Morgan fingerprint density at radius 3 is 2.19 bits per heavy atom. The van der Waals surface area contributed by atoms with Gasteiger partial charge in [0.1, 0.15) is 0 Å². The van der Waals surface area contributed by atoms with Gasteiger partial charge in [-0.05, 0) is 55.0 Å². The van der Waals surface area contributed by atoms with Crippen LogP contribution in [0, 0.1) is 6.92 Å². The molecule has 3 N–H and O–H groups in total. The van der Waals surface area contributed by atoms with E-state index in [0.717, 1.165) is 22.6 Å². The van der Waals surface area contributed by atoms with E-state index in [2.05, 4.69) is 16.0 Å². The normalized spacial score (nSPS) is 11.0. The van der Waals surface area contributed by atoms with E-state index in [-0.39, 0.29) is 0 Å². The largest absolute Gasteiger partial charge is 0.416 e. The zero-order valence-electron chi connectivity index (χ0n) is 13.9. The van der Waals surface area contributed by atoms with Crippen LogP contribution in [0.25, 0.3) is 0 Å². The van der Waals surface area contributed by atoms with Gasteiger partial charge < -0.3 is 10.6 Å². The molecule has 0 fully saturated rings. The van der Waals surface area contributed by atoms with Crippen LogP contribution in [0.2, 0.25) is 0 Å². The van der Waals surface area contributed by atoms with E-state index >= 15 is 0 Å². The van der Waals surface area contributed by atoms with Gasteiger partial charge in [0.25, 0.3) is 0 Å². The van der Waals surface area contributed by atoms with Crippen molar-refractivity contribution in [2.24, 2.45) is 0 Å². The lowest BCUT2D eigenvalue weighted by atomic mass is 10.2. The molecule has 26 heavy (non-hydrogen) atoms. The van der Waals surface area contributed by atoms with Crippen molar-refractivity contribution < 1.29 is 22.8 Å². The summed E-state index contributed by atoms with van der Waals surface area (Å²) in [6.45, 7) is 1.81. The first-order valence-corrected chi connectivity index (χ1v) is 8.26.